The van der Waals surface area contributed by atoms with Crippen molar-refractivity contribution in [3.63, 3.8) is 0 Å². The van der Waals surface area contributed by atoms with Crippen molar-refractivity contribution in [3.8, 4) is 0 Å². The van der Waals surface area contributed by atoms with Crippen molar-refractivity contribution in [1.29, 1.82) is 0 Å². The van der Waals surface area contributed by atoms with Gasteiger partial charge in [0.05, 0.1) is 13.1 Å². The van der Waals surface area contributed by atoms with Crippen molar-refractivity contribution in [2.24, 2.45) is 9.98 Å². The summed E-state index contributed by atoms with van der Waals surface area (Å²) in [5.74, 6) is -0.284. The molecule has 0 amide bonds. The average molecular weight is 496 g/mol. The van der Waals surface area contributed by atoms with Gasteiger partial charge in [-0.2, -0.15) is 0 Å². The molecule has 2 rings (SSSR count). The molecule has 0 spiro atoms. The Balaban J connectivity index is 0.00000544. The number of allylic oxidation sites excluding steroid dienone is 4. The molecule has 7 heteroatoms. The summed E-state index contributed by atoms with van der Waals surface area (Å²) in [5, 5.41) is 40.1. The van der Waals surface area contributed by atoms with Gasteiger partial charge in [-0.3, -0.25) is 9.98 Å². The minimum atomic E-state index is -0.106. The number of aliphatic hydroxyl groups is 4. The van der Waals surface area contributed by atoms with Gasteiger partial charge in [0.1, 0.15) is 23.0 Å². The molecule has 0 aliphatic carbocycles. The fourth-order valence-electron chi connectivity index (χ4n) is 2.72. The summed E-state index contributed by atoms with van der Waals surface area (Å²) >= 11 is 0. The van der Waals surface area contributed by atoms with Gasteiger partial charge in [-0.1, -0.05) is 60.7 Å². The molecule has 0 fully saturated rings. The van der Waals surface area contributed by atoms with E-state index in [9.17, 15) is 20.4 Å². The molecule has 0 aromatic heterocycles. The number of rotatable bonds is 9. The zero-order valence-electron chi connectivity index (χ0n) is 18.5. The van der Waals surface area contributed by atoms with Crippen LogP contribution in [0.2, 0.25) is 0 Å². The Bertz CT molecular complexity index is 982. The van der Waals surface area contributed by atoms with E-state index in [1.165, 1.54) is 24.3 Å². The molecular formula is C26H28CuN2O4. The van der Waals surface area contributed by atoms with Gasteiger partial charge in [0.25, 0.3) is 0 Å². The monoisotopic (exact) mass is 495 g/mol. The minimum absolute atomic E-state index is 0. The Morgan fingerprint density at radius 3 is 1.27 bits per heavy atom. The first-order valence-electron chi connectivity index (χ1n) is 10.1. The van der Waals surface area contributed by atoms with Crippen LogP contribution in [-0.2, 0) is 17.1 Å². The summed E-state index contributed by atoms with van der Waals surface area (Å²) in [6, 6.07) is 17.8. The average Bonchev–Trinajstić information content (AvgIpc) is 2.77. The summed E-state index contributed by atoms with van der Waals surface area (Å²) in [7, 11) is 0. The fraction of sp³-hybridized carbons (Fsp3) is 0.154. The van der Waals surface area contributed by atoms with Crippen molar-refractivity contribution >= 4 is 22.9 Å². The molecule has 177 valence electrons. The van der Waals surface area contributed by atoms with E-state index in [0.29, 0.717) is 35.6 Å². The molecule has 0 unspecified atom stereocenters. The van der Waals surface area contributed by atoms with Gasteiger partial charge in [0, 0.05) is 63.9 Å². The first-order chi connectivity index (χ1) is 15.3. The SMILES string of the molecule is CC(C=C(O)C=C(O)c1ccccc1)=NCCN=C(C)C=C(O)C=C(O)c1ccccc1.[Cu]. The van der Waals surface area contributed by atoms with Crippen LogP contribution in [0.3, 0.4) is 0 Å². The van der Waals surface area contributed by atoms with Gasteiger partial charge in [-0.05, 0) is 13.8 Å². The van der Waals surface area contributed by atoms with Crippen LogP contribution in [0.1, 0.15) is 25.0 Å². The smallest absolute Gasteiger partial charge is 0.126 e. The van der Waals surface area contributed by atoms with Crippen molar-refractivity contribution < 1.29 is 37.5 Å². The second-order valence-electron chi connectivity index (χ2n) is 6.98. The molecule has 0 aliphatic rings. The Morgan fingerprint density at radius 2 is 0.939 bits per heavy atom. The summed E-state index contributed by atoms with van der Waals surface area (Å²) in [4.78, 5) is 8.62. The third kappa shape index (κ3) is 10.5. The van der Waals surface area contributed by atoms with Crippen LogP contribution < -0.4 is 0 Å². The molecule has 33 heavy (non-hydrogen) atoms. The number of nitrogens with zero attached hydrogens (tertiary/aromatic N) is 2. The third-order valence-electron chi connectivity index (χ3n) is 4.24. The van der Waals surface area contributed by atoms with Crippen LogP contribution >= 0.6 is 0 Å². The fourth-order valence-corrected chi connectivity index (χ4v) is 2.72. The molecule has 0 atom stereocenters. The second kappa shape index (κ2) is 14.5. The van der Waals surface area contributed by atoms with Gasteiger partial charge < -0.3 is 20.4 Å². The predicted octanol–water partition coefficient (Wildman–Crippen LogP) is 5.99. The quantitative estimate of drug-likeness (QED) is 0.113. The van der Waals surface area contributed by atoms with Crippen LogP contribution in [0, 0.1) is 0 Å². The second-order valence-corrected chi connectivity index (χ2v) is 6.98. The molecule has 0 saturated carbocycles. The third-order valence-corrected chi connectivity index (χ3v) is 4.24. The maximum absolute atomic E-state index is 10.0. The van der Waals surface area contributed by atoms with E-state index in [-0.39, 0.29) is 40.1 Å². The molecule has 0 aliphatic heterocycles. The van der Waals surface area contributed by atoms with E-state index < -0.39 is 0 Å². The van der Waals surface area contributed by atoms with Crippen molar-refractivity contribution in [3.05, 3.63) is 108 Å². The molecular weight excluding hydrogens is 468 g/mol. The topological polar surface area (TPSA) is 106 Å². The molecule has 6 nitrogen and oxygen atoms in total. The standard InChI is InChI=1S/C26H28N2O4.Cu/c1-19(15-23(29)17-25(31)21-9-5-3-6-10-21)27-13-14-28-20(2)16-24(30)18-26(32)22-11-7-4-8-12-22;/h3-12,15-18,29-32H,13-14H2,1-2H3;. The first-order valence-corrected chi connectivity index (χ1v) is 10.1. The van der Waals surface area contributed by atoms with E-state index >= 15 is 0 Å². The van der Waals surface area contributed by atoms with Crippen LogP contribution in [0.5, 0.6) is 0 Å². The van der Waals surface area contributed by atoms with Crippen LogP contribution in [0.4, 0.5) is 0 Å². The van der Waals surface area contributed by atoms with Gasteiger partial charge >= 0.3 is 0 Å². The number of hydrogen-bond donors (Lipinski definition) is 4. The Labute approximate surface area is 204 Å². The van der Waals surface area contributed by atoms with E-state index in [2.05, 4.69) is 9.98 Å². The van der Waals surface area contributed by atoms with Crippen LogP contribution in [0.15, 0.2) is 106 Å². The van der Waals surface area contributed by atoms with Crippen molar-refractivity contribution in [2.75, 3.05) is 13.1 Å². The molecule has 1 radical (unpaired) electrons. The van der Waals surface area contributed by atoms with Gasteiger partial charge in [0.2, 0.25) is 0 Å². The van der Waals surface area contributed by atoms with Gasteiger partial charge in [-0.25, -0.2) is 0 Å². The Kier molecular flexibility index (Phi) is 12.1. The molecule has 4 N–H and O–H groups in total. The van der Waals surface area contributed by atoms with Crippen LogP contribution in [-0.4, -0.2) is 44.9 Å². The number of aliphatic imine (C=N–C) groups is 2. The summed E-state index contributed by atoms with van der Waals surface area (Å²) < 4.78 is 0. The van der Waals surface area contributed by atoms with Crippen molar-refractivity contribution in [2.45, 2.75) is 13.8 Å². The molecule has 0 bridgehead atoms. The zero-order valence-corrected chi connectivity index (χ0v) is 19.4. The molecule has 0 saturated heterocycles. The number of hydrogen-bond acceptors (Lipinski definition) is 6. The number of benzene rings is 2. The summed E-state index contributed by atoms with van der Waals surface area (Å²) in [6.07, 6.45) is 5.45. The summed E-state index contributed by atoms with van der Waals surface area (Å²) in [6.45, 7) is 4.26. The predicted molar refractivity (Wildman–Crippen MR) is 131 cm³/mol. The zero-order chi connectivity index (χ0) is 23.3. The molecule has 2 aromatic carbocycles. The van der Waals surface area contributed by atoms with E-state index in [1.54, 1.807) is 62.4 Å². The normalized spacial score (nSPS) is 14.1. The van der Waals surface area contributed by atoms with Gasteiger partial charge in [-0.15, -0.1) is 0 Å². The number of aliphatic hydroxyl groups excluding tert-OH is 4. The van der Waals surface area contributed by atoms with Crippen molar-refractivity contribution in [1.82, 2.24) is 0 Å². The van der Waals surface area contributed by atoms with Gasteiger partial charge in [0.15, 0.2) is 0 Å². The largest absolute Gasteiger partial charge is 0.508 e. The maximum atomic E-state index is 10.0. The van der Waals surface area contributed by atoms with E-state index in [4.69, 9.17) is 0 Å². The minimum Gasteiger partial charge on any atom is -0.508 e. The Morgan fingerprint density at radius 1 is 0.606 bits per heavy atom. The summed E-state index contributed by atoms with van der Waals surface area (Å²) in [5.41, 5.74) is 2.38. The Hall–Kier alpha value is -3.54. The molecule has 0 heterocycles. The van der Waals surface area contributed by atoms with Crippen LogP contribution in [0.25, 0.3) is 11.5 Å². The first kappa shape index (κ1) is 27.5. The maximum Gasteiger partial charge on any atom is 0.126 e. The van der Waals surface area contributed by atoms with E-state index in [0.717, 1.165) is 0 Å². The van der Waals surface area contributed by atoms with E-state index in [1.807, 2.05) is 12.1 Å². The molecule has 2 aromatic rings.